The number of halogens is 1. The number of nitrogens with zero attached hydrogens (tertiary/aromatic N) is 1. The SMILES string of the molecule is COCC1CCCN1CC(O)COCc1ccc(Cl)cc1. The van der Waals surface area contributed by atoms with Crippen LogP contribution < -0.4 is 0 Å². The van der Waals surface area contributed by atoms with Gasteiger partial charge >= 0.3 is 0 Å². The van der Waals surface area contributed by atoms with Crippen LogP contribution in [-0.4, -0.2) is 55.6 Å². The van der Waals surface area contributed by atoms with Crippen molar-refractivity contribution in [2.45, 2.75) is 31.6 Å². The topological polar surface area (TPSA) is 41.9 Å². The zero-order chi connectivity index (χ0) is 15.1. The van der Waals surface area contributed by atoms with E-state index in [9.17, 15) is 5.11 Å². The highest BCUT2D eigenvalue weighted by molar-refractivity contribution is 6.30. The zero-order valence-corrected chi connectivity index (χ0v) is 13.3. The summed E-state index contributed by atoms with van der Waals surface area (Å²) in [6.45, 7) is 3.25. The van der Waals surface area contributed by atoms with Gasteiger partial charge in [-0.2, -0.15) is 0 Å². The molecule has 1 heterocycles. The summed E-state index contributed by atoms with van der Waals surface area (Å²) in [5, 5.41) is 10.8. The molecule has 5 heteroatoms. The number of β-amino-alcohol motifs (C(OH)–C–C–N with tert-alkyl or cyclic N) is 1. The molecule has 0 aromatic heterocycles. The first kappa shape index (κ1) is 16.7. The zero-order valence-electron chi connectivity index (χ0n) is 12.5. The normalized spacial score (nSPS) is 20.8. The molecule has 1 fully saturated rings. The molecule has 1 aliphatic heterocycles. The van der Waals surface area contributed by atoms with Gasteiger partial charge in [-0.15, -0.1) is 0 Å². The number of rotatable bonds is 8. The van der Waals surface area contributed by atoms with E-state index in [0.29, 0.717) is 25.8 Å². The van der Waals surface area contributed by atoms with E-state index in [2.05, 4.69) is 4.90 Å². The first-order chi connectivity index (χ1) is 10.2. The van der Waals surface area contributed by atoms with Crippen LogP contribution in [0.25, 0.3) is 0 Å². The number of methoxy groups -OCH3 is 1. The Labute approximate surface area is 131 Å². The third-order valence-electron chi connectivity index (χ3n) is 3.80. The number of hydrogen-bond acceptors (Lipinski definition) is 4. The second kappa shape index (κ2) is 8.71. The standard InChI is InChI=1S/C16H24ClNO3/c1-20-11-15-3-2-8-18(15)9-16(19)12-21-10-13-4-6-14(17)7-5-13/h4-7,15-16,19H,2-3,8-12H2,1H3. The van der Waals surface area contributed by atoms with Crippen molar-refractivity contribution >= 4 is 11.6 Å². The largest absolute Gasteiger partial charge is 0.389 e. The summed E-state index contributed by atoms with van der Waals surface area (Å²) in [5.41, 5.74) is 1.06. The molecule has 118 valence electrons. The average Bonchev–Trinajstić information content (AvgIpc) is 2.89. The maximum atomic E-state index is 10.1. The van der Waals surface area contributed by atoms with Gasteiger partial charge in [0, 0.05) is 24.7 Å². The number of aliphatic hydroxyl groups excluding tert-OH is 1. The van der Waals surface area contributed by atoms with Crippen molar-refractivity contribution in [3.8, 4) is 0 Å². The van der Waals surface area contributed by atoms with Gasteiger partial charge in [0.25, 0.3) is 0 Å². The van der Waals surface area contributed by atoms with Crippen LogP contribution in [0.2, 0.25) is 5.02 Å². The van der Waals surface area contributed by atoms with Crippen LogP contribution in [0.4, 0.5) is 0 Å². The van der Waals surface area contributed by atoms with Gasteiger partial charge in [0.2, 0.25) is 0 Å². The molecule has 1 aromatic carbocycles. The van der Waals surface area contributed by atoms with Gasteiger partial charge in [-0.25, -0.2) is 0 Å². The third kappa shape index (κ3) is 5.57. The first-order valence-corrected chi connectivity index (χ1v) is 7.80. The molecule has 0 radical (unpaired) electrons. The molecular formula is C16H24ClNO3. The van der Waals surface area contributed by atoms with Crippen LogP contribution in [-0.2, 0) is 16.1 Å². The van der Waals surface area contributed by atoms with Gasteiger partial charge in [-0.3, -0.25) is 4.90 Å². The summed E-state index contributed by atoms with van der Waals surface area (Å²) < 4.78 is 10.8. The van der Waals surface area contributed by atoms with Gasteiger partial charge in [-0.1, -0.05) is 23.7 Å². The molecule has 1 saturated heterocycles. The number of hydrogen-bond donors (Lipinski definition) is 1. The third-order valence-corrected chi connectivity index (χ3v) is 4.05. The maximum Gasteiger partial charge on any atom is 0.0900 e. The van der Waals surface area contributed by atoms with Crippen molar-refractivity contribution in [1.29, 1.82) is 0 Å². The van der Waals surface area contributed by atoms with Crippen molar-refractivity contribution in [2.75, 3.05) is 33.4 Å². The first-order valence-electron chi connectivity index (χ1n) is 7.42. The molecule has 2 atom stereocenters. The minimum absolute atomic E-state index is 0.346. The molecule has 2 unspecified atom stereocenters. The van der Waals surface area contributed by atoms with Gasteiger partial charge in [0.15, 0.2) is 0 Å². The average molecular weight is 314 g/mol. The molecule has 1 aliphatic rings. The molecule has 2 rings (SSSR count). The van der Waals surface area contributed by atoms with Crippen molar-refractivity contribution < 1.29 is 14.6 Å². The van der Waals surface area contributed by atoms with E-state index in [-0.39, 0.29) is 0 Å². The number of likely N-dealkylation sites (tertiary alicyclic amines) is 1. The predicted molar refractivity (Wildman–Crippen MR) is 83.6 cm³/mol. The monoisotopic (exact) mass is 313 g/mol. The molecule has 0 spiro atoms. The molecular weight excluding hydrogens is 290 g/mol. The van der Waals surface area contributed by atoms with Crippen LogP contribution in [0, 0.1) is 0 Å². The highest BCUT2D eigenvalue weighted by Gasteiger charge is 2.25. The van der Waals surface area contributed by atoms with E-state index in [4.69, 9.17) is 21.1 Å². The van der Waals surface area contributed by atoms with Crippen LogP contribution in [0.1, 0.15) is 18.4 Å². The van der Waals surface area contributed by atoms with E-state index in [1.54, 1.807) is 7.11 Å². The quantitative estimate of drug-likeness (QED) is 0.800. The van der Waals surface area contributed by atoms with E-state index in [1.165, 1.54) is 6.42 Å². The fourth-order valence-corrected chi connectivity index (χ4v) is 2.86. The van der Waals surface area contributed by atoms with Gasteiger partial charge in [0.1, 0.15) is 0 Å². The van der Waals surface area contributed by atoms with E-state index < -0.39 is 6.10 Å². The van der Waals surface area contributed by atoms with E-state index in [1.807, 2.05) is 24.3 Å². The van der Waals surface area contributed by atoms with Crippen LogP contribution in [0.15, 0.2) is 24.3 Å². The summed E-state index contributed by atoms with van der Waals surface area (Å²) in [5.74, 6) is 0. The van der Waals surface area contributed by atoms with Crippen molar-refractivity contribution in [2.24, 2.45) is 0 Å². The van der Waals surface area contributed by atoms with Crippen molar-refractivity contribution in [3.63, 3.8) is 0 Å². The molecule has 21 heavy (non-hydrogen) atoms. The molecule has 0 bridgehead atoms. The Hall–Kier alpha value is -0.650. The van der Waals surface area contributed by atoms with E-state index >= 15 is 0 Å². The number of benzene rings is 1. The maximum absolute atomic E-state index is 10.1. The fourth-order valence-electron chi connectivity index (χ4n) is 2.73. The lowest BCUT2D eigenvalue weighted by Gasteiger charge is -2.26. The molecule has 1 aromatic rings. The molecule has 1 N–H and O–H groups in total. The van der Waals surface area contributed by atoms with Crippen molar-refractivity contribution in [3.05, 3.63) is 34.9 Å². The van der Waals surface area contributed by atoms with Gasteiger partial charge in [0.05, 0.1) is 25.9 Å². The minimum atomic E-state index is -0.463. The van der Waals surface area contributed by atoms with Crippen molar-refractivity contribution in [1.82, 2.24) is 4.90 Å². The number of ether oxygens (including phenoxy) is 2. The Morgan fingerprint density at radius 2 is 2.14 bits per heavy atom. The Bertz CT molecular complexity index is 412. The molecule has 0 aliphatic carbocycles. The highest BCUT2D eigenvalue weighted by Crippen LogP contribution is 2.17. The van der Waals surface area contributed by atoms with Crippen LogP contribution in [0.3, 0.4) is 0 Å². The summed E-state index contributed by atoms with van der Waals surface area (Å²) in [4.78, 5) is 2.29. The molecule has 0 amide bonds. The fraction of sp³-hybridized carbons (Fsp3) is 0.625. The summed E-state index contributed by atoms with van der Waals surface area (Å²) in [6, 6.07) is 7.99. The Kier molecular flexibility index (Phi) is 6.93. The van der Waals surface area contributed by atoms with Crippen LogP contribution in [0.5, 0.6) is 0 Å². The lowest BCUT2D eigenvalue weighted by Crippen LogP contribution is -2.40. The van der Waals surface area contributed by atoms with E-state index in [0.717, 1.165) is 30.2 Å². The van der Waals surface area contributed by atoms with Gasteiger partial charge < -0.3 is 14.6 Å². The Morgan fingerprint density at radius 1 is 1.38 bits per heavy atom. The highest BCUT2D eigenvalue weighted by atomic mass is 35.5. The molecule has 4 nitrogen and oxygen atoms in total. The Balaban J connectivity index is 1.67. The number of aliphatic hydroxyl groups is 1. The lowest BCUT2D eigenvalue weighted by molar-refractivity contribution is 0.00182. The lowest BCUT2D eigenvalue weighted by atomic mass is 10.2. The van der Waals surface area contributed by atoms with Gasteiger partial charge in [-0.05, 0) is 37.1 Å². The second-order valence-corrected chi connectivity index (χ2v) is 5.98. The predicted octanol–water partition coefficient (Wildman–Crippen LogP) is 2.33. The summed E-state index contributed by atoms with van der Waals surface area (Å²) >= 11 is 5.83. The minimum Gasteiger partial charge on any atom is -0.389 e. The smallest absolute Gasteiger partial charge is 0.0900 e. The summed E-state index contributed by atoms with van der Waals surface area (Å²) in [7, 11) is 1.72. The second-order valence-electron chi connectivity index (χ2n) is 5.54. The van der Waals surface area contributed by atoms with Crippen LogP contribution >= 0.6 is 11.6 Å². The Morgan fingerprint density at radius 3 is 2.86 bits per heavy atom. The molecule has 0 saturated carbocycles. The summed E-state index contributed by atoms with van der Waals surface area (Å²) in [6.07, 6.45) is 1.85.